The fraction of sp³-hybridized carbons (Fsp3) is 0.381. The number of likely N-dealkylation sites (tertiary alicyclic amines) is 1. The minimum atomic E-state index is -0.0644. The lowest BCUT2D eigenvalue weighted by molar-refractivity contribution is -0.114. The van der Waals surface area contributed by atoms with Gasteiger partial charge in [0.2, 0.25) is 5.91 Å². The fourth-order valence-electron chi connectivity index (χ4n) is 4.19. The Morgan fingerprint density at radius 1 is 1.19 bits per heavy atom. The standard InChI is InChI=1S/C21H23BrN2O2/c1-14(25)23-17-7-9-18(10-8-17)26-19-11-16-13-24(21(19)20(16)22)12-15-5-3-2-4-6-15/h2-10,16,19-21H,11-13H2,1H3,(H,23,25)/t16-,19+,20+,21-/m0/s1. The third-order valence-electron chi connectivity index (χ3n) is 5.27. The molecule has 2 aliphatic rings. The molecule has 136 valence electrons. The molecule has 2 aromatic carbocycles. The van der Waals surface area contributed by atoms with E-state index in [2.05, 4.69) is 56.5 Å². The Morgan fingerprint density at radius 2 is 1.92 bits per heavy atom. The van der Waals surface area contributed by atoms with Crippen molar-refractivity contribution in [3.8, 4) is 5.75 Å². The second kappa shape index (κ2) is 7.41. The predicted molar refractivity (Wildman–Crippen MR) is 107 cm³/mol. The molecule has 26 heavy (non-hydrogen) atoms. The number of nitrogens with zero attached hydrogens (tertiary/aromatic N) is 1. The number of alkyl halides is 1. The van der Waals surface area contributed by atoms with E-state index in [4.69, 9.17) is 4.74 Å². The smallest absolute Gasteiger partial charge is 0.221 e. The summed E-state index contributed by atoms with van der Waals surface area (Å²) in [5, 5.41) is 2.78. The number of amides is 1. The van der Waals surface area contributed by atoms with Gasteiger partial charge in [-0.3, -0.25) is 9.69 Å². The number of hydrogen-bond donors (Lipinski definition) is 1. The van der Waals surface area contributed by atoms with E-state index in [1.54, 1.807) is 0 Å². The first kappa shape index (κ1) is 17.6. The van der Waals surface area contributed by atoms with Crippen LogP contribution in [0.4, 0.5) is 5.69 Å². The number of carbonyl (C=O) groups excluding carboxylic acids is 1. The first-order valence-corrected chi connectivity index (χ1v) is 9.98. The van der Waals surface area contributed by atoms with E-state index in [9.17, 15) is 4.79 Å². The zero-order chi connectivity index (χ0) is 18.1. The molecule has 0 aromatic heterocycles. The van der Waals surface area contributed by atoms with Crippen molar-refractivity contribution in [3.63, 3.8) is 0 Å². The van der Waals surface area contributed by atoms with Crippen LogP contribution in [0, 0.1) is 5.92 Å². The highest BCUT2D eigenvalue weighted by atomic mass is 79.9. The summed E-state index contributed by atoms with van der Waals surface area (Å²) in [5.74, 6) is 1.42. The van der Waals surface area contributed by atoms with Crippen molar-refractivity contribution in [1.82, 2.24) is 4.90 Å². The van der Waals surface area contributed by atoms with E-state index in [-0.39, 0.29) is 12.0 Å². The zero-order valence-corrected chi connectivity index (χ0v) is 16.4. The average Bonchev–Trinajstić information content (AvgIpc) is 3.08. The number of halogens is 1. The van der Waals surface area contributed by atoms with Crippen LogP contribution >= 0.6 is 15.9 Å². The van der Waals surface area contributed by atoms with Gasteiger partial charge in [0.1, 0.15) is 11.9 Å². The van der Waals surface area contributed by atoms with Crippen molar-refractivity contribution >= 4 is 27.5 Å². The van der Waals surface area contributed by atoms with Gasteiger partial charge >= 0.3 is 0 Å². The first-order valence-electron chi connectivity index (χ1n) is 9.06. The predicted octanol–water partition coefficient (Wildman–Crippen LogP) is 4.06. The minimum absolute atomic E-state index is 0.0644. The summed E-state index contributed by atoms with van der Waals surface area (Å²) in [4.78, 5) is 14.2. The molecule has 4 rings (SSSR count). The number of piperidine rings is 1. The third kappa shape index (κ3) is 3.64. The molecule has 5 heteroatoms. The monoisotopic (exact) mass is 414 g/mol. The number of rotatable bonds is 5. The Morgan fingerprint density at radius 3 is 2.58 bits per heavy atom. The maximum Gasteiger partial charge on any atom is 0.221 e. The second-order valence-electron chi connectivity index (χ2n) is 7.21. The molecular formula is C21H23BrN2O2. The van der Waals surface area contributed by atoms with Crippen LogP contribution in [0.25, 0.3) is 0 Å². The SMILES string of the molecule is CC(=O)Nc1ccc(O[C@@H]2C[C@H]3CN(Cc4ccccc4)[C@@H]2[C@@H]3Br)cc1. The quantitative estimate of drug-likeness (QED) is 0.749. The van der Waals surface area contributed by atoms with E-state index in [1.165, 1.54) is 12.5 Å². The molecule has 1 saturated carbocycles. The Hall–Kier alpha value is -1.85. The Labute approximate surface area is 162 Å². The number of fused-ring (bicyclic) bond motifs is 2. The Bertz CT molecular complexity index is 765. The van der Waals surface area contributed by atoms with Crippen LogP contribution in [-0.4, -0.2) is 34.3 Å². The van der Waals surface area contributed by atoms with Crippen molar-refractivity contribution in [3.05, 3.63) is 60.2 Å². The number of ether oxygens (including phenoxy) is 1. The summed E-state index contributed by atoms with van der Waals surface area (Å²) >= 11 is 3.91. The minimum Gasteiger partial charge on any atom is -0.489 e. The molecule has 1 aliphatic heterocycles. The van der Waals surface area contributed by atoms with E-state index < -0.39 is 0 Å². The van der Waals surface area contributed by atoms with Crippen LogP contribution in [0.2, 0.25) is 0 Å². The molecule has 1 amide bonds. The fourth-order valence-corrected chi connectivity index (χ4v) is 5.24. The zero-order valence-electron chi connectivity index (χ0n) is 14.8. The molecular weight excluding hydrogens is 392 g/mol. The normalized spacial score (nSPS) is 27.5. The lowest BCUT2D eigenvalue weighted by atomic mass is 10.1. The van der Waals surface area contributed by atoms with Crippen molar-refractivity contribution in [2.45, 2.75) is 36.9 Å². The summed E-state index contributed by atoms with van der Waals surface area (Å²) in [6.45, 7) is 3.60. The highest BCUT2D eigenvalue weighted by Gasteiger charge is 2.52. The average molecular weight is 415 g/mol. The van der Waals surface area contributed by atoms with E-state index >= 15 is 0 Å². The lowest BCUT2D eigenvalue weighted by Crippen LogP contribution is -2.44. The summed E-state index contributed by atoms with van der Waals surface area (Å²) in [6.07, 6.45) is 1.27. The van der Waals surface area contributed by atoms with Gasteiger partial charge in [-0.1, -0.05) is 46.3 Å². The molecule has 4 nitrogen and oxygen atoms in total. The second-order valence-corrected chi connectivity index (χ2v) is 8.27. The van der Waals surface area contributed by atoms with Gasteiger partial charge in [-0.25, -0.2) is 0 Å². The maximum atomic E-state index is 11.1. The van der Waals surface area contributed by atoms with Gasteiger partial charge in [-0.2, -0.15) is 0 Å². The van der Waals surface area contributed by atoms with Crippen molar-refractivity contribution in [1.29, 1.82) is 0 Å². The molecule has 0 radical (unpaired) electrons. The first-order chi connectivity index (χ1) is 12.6. The van der Waals surface area contributed by atoms with Gasteiger partial charge < -0.3 is 10.1 Å². The van der Waals surface area contributed by atoms with Crippen molar-refractivity contribution in [2.75, 3.05) is 11.9 Å². The third-order valence-corrected chi connectivity index (χ3v) is 6.56. The van der Waals surface area contributed by atoms with Gasteiger partial charge in [0.15, 0.2) is 0 Å². The molecule has 4 atom stereocenters. The summed E-state index contributed by atoms with van der Waals surface area (Å²) in [5.41, 5.74) is 2.14. The summed E-state index contributed by atoms with van der Waals surface area (Å²) in [6, 6.07) is 18.6. The lowest BCUT2D eigenvalue weighted by Gasteiger charge is -2.33. The molecule has 2 bridgehead atoms. The van der Waals surface area contributed by atoms with E-state index in [1.807, 2.05) is 24.3 Å². The van der Waals surface area contributed by atoms with E-state index in [0.29, 0.717) is 16.8 Å². The van der Waals surface area contributed by atoms with Gasteiger partial charge in [-0.15, -0.1) is 0 Å². The van der Waals surface area contributed by atoms with Crippen LogP contribution in [0.1, 0.15) is 18.9 Å². The van der Waals surface area contributed by atoms with Crippen molar-refractivity contribution < 1.29 is 9.53 Å². The van der Waals surface area contributed by atoms with Gasteiger partial charge in [0.25, 0.3) is 0 Å². The van der Waals surface area contributed by atoms with Crippen LogP contribution in [0.3, 0.4) is 0 Å². The molecule has 1 aliphatic carbocycles. The van der Waals surface area contributed by atoms with Crippen molar-refractivity contribution in [2.24, 2.45) is 5.92 Å². The molecule has 2 fully saturated rings. The number of anilines is 1. The van der Waals surface area contributed by atoms with Crippen LogP contribution in [-0.2, 0) is 11.3 Å². The van der Waals surface area contributed by atoms with E-state index in [0.717, 1.165) is 30.9 Å². The Balaban J connectivity index is 1.43. The maximum absolute atomic E-state index is 11.1. The molecule has 0 unspecified atom stereocenters. The number of hydrogen-bond acceptors (Lipinski definition) is 3. The summed E-state index contributed by atoms with van der Waals surface area (Å²) in [7, 11) is 0. The summed E-state index contributed by atoms with van der Waals surface area (Å²) < 4.78 is 6.32. The number of benzene rings is 2. The number of carbonyl (C=O) groups is 1. The highest BCUT2D eigenvalue weighted by Crippen LogP contribution is 2.44. The van der Waals surface area contributed by atoms with Crippen LogP contribution in [0.15, 0.2) is 54.6 Å². The van der Waals surface area contributed by atoms with Gasteiger partial charge in [0.05, 0.1) is 6.04 Å². The van der Waals surface area contributed by atoms with Gasteiger partial charge in [0, 0.05) is 30.5 Å². The Kier molecular flexibility index (Phi) is 5.00. The molecule has 2 aromatic rings. The number of nitrogens with one attached hydrogen (secondary N) is 1. The molecule has 1 heterocycles. The molecule has 1 saturated heterocycles. The highest BCUT2D eigenvalue weighted by molar-refractivity contribution is 9.09. The topological polar surface area (TPSA) is 41.6 Å². The van der Waals surface area contributed by atoms with Crippen LogP contribution in [0.5, 0.6) is 5.75 Å². The largest absolute Gasteiger partial charge is 0.489 e. The van der Waals surface area contributed by atoms with Crippen LogP contribution < -0.4 is 10.1 Å². The molecule has 1 N–H and O–H groups in total. The van der Waals surface area contributed by atoms with Gasteiger partial charge in [-0.05, 0) is 42.2 Å². The molecule has 0 spiro atoms.